The average Bonchev–Trinajstić information content (AvgIpc) is 2.84. The van der Waals surface area contributed by atoms with Gasteiger partial charge >= 0.3 is 0 Å². The van der Waals surface area contributed by atoms with Gasteiger partial charge in [0.1, 0.15) is 0 Å². The Hall–Kier alpha value is -2.98. The lowest BCUT2D eigenvalue weighted by Crippen LogP contribution is -2.38. The number of rotatable bonds is 11. The van der Waals surface area contributed by atoms with Crippen molar-refractivity contribution < 1.29 is 32.2 Å². The molecule has 0 saturated heterocycles. The SMILES string of the molecule is COc1cc2c(cc1OC)CN(S(=O)(=O)CCCNC(=O)COc1ccccc1OC)CC2. The van der Waals surface area contributed by atoms with Crippen molar-refractivity contribution in [3.63, 3.8) is 0 Å². The second-order valence-electron chi connectivity index (χ2n) is 7.52. The number of sulfonamides is 1. The Kier molecular flexibility index (Phi) is 8.40. The molecule has 1 aliphatic rings. The predicted octanol–water partition coefficient (Wildman–Crippen LogP) is 1.99. The third-order valence-corrected chi connectivity index (χ3v) is 7.31. The maximum Gasteiger partial charge on any atom is 0.257 e. The van der Waals surface area contributed by atoms with Gasteiger partial charge in [-0.1, -0.05) is 12.1 Å². The number of hydrogen-bond acceptors (Lipinski definition) is 7. The van der Waals surface area contributed by atoms with E-state index < -0.39 is 10.0 Å². The number of carbonyl (C=O) groups excluding carboxylic acids is 1. The topological polar surface area (TPSA) is 103 Å². The molecular weight excluding hydrogens is 448 g/mol. The minimum atomic E-state index is -3.46. The molecule has 0 bridgehead atoms. The van der Waals surface area contributed by atoms with Gasteiger partial charge in [-0.05, 0) is 48.2 Å². The molecule has 0 radical (unpaired) electrons. The van der Waals surface area contributed by atoms with Gasteiger partial charge in [-0.25, -0.2) is 8.42 Å². The first kappa shape index (κ1) is 24.7. The van der Waals surface area contributed by atoms with Crippen molar-refractivity contribution in [1.29, 1.82) is 0 Å². The molecule has 33 heavy (non-hydrogen) atoms. The van der Waals surface area contributed by atoms with Gasteiger partial charge < -0.3 is 24.3 Å². The summed E-state index contributed by atoms with van der Waals surface area (Å²) < 4.78 is 48.4. The molecule has 180 valence electrons. The summed E-state index contributed by atoms with van der Waals surface area (Å²) in [5, 5.41) is 2.69. The minimum absolute atomic E-state index is 0.0523. The van der Waals surface area contributed by atoms with E-state index in [1.165, 1.54) is 11.4 Å². The van der Waals surface area contributed by atoms with Gasteiger partial charge in [-0.3, -0.25) is 4.79 Å². The van der Waals surface area contributed by atoms with Gasteiger partial charge in [-0.15, -0.1) is 0 Å². The highest BCUT2D eigenvalue weighted by molar-refractivity contribution is 7.89. The Labute approximate surface area is 194 Å². The zero-order valence-corrected chi connectivity index (χ0v) is 19.9. The molecule has 1 heterocycles. The van der Waals surface area contributed by atoms with Crippen molar-refractivity contribution in [2.75, 3.05) is 46.8 Å². The zero-order chi connectivity index (χ0) is 23.8. The molecule has 0 unspecified atom stereocenters. The van der Waals surface area contributed by atoms with Gasteiger partial charge in [-0.2, -0.15) is 4.31 Å². The molecule has 3 rings (SSSR count). The number of ether oxygens (including phenoxy) is 4. The Morgan fingerprint density at radius 1 is 0.970 bits per heavy atom. The van der Waals surface area contributed by atoms with Crippen LogP contribution >= 0.6 is 0 Å². The van der Waals surface area contributed by atoms with E-state index in [0.29, 0.717) is 42.4 Å². The van der Waals surface area contributed by atoms with E-state index in [1.54, 1.807) is 38.5 Å². The number of methoxy groups -OCH3 is 3. The van der Waals surface area contributed by atoms with Gasteiger partial charge in [0, 0.05) is 19.6 Å². The molecule has 9 nitrogen and oxygen atoms in total. The third-order valence-electron chi connectivity index (χ3n) is 5.41. The number of hydrogen-bond donors (Lipinski definition) is 1. The highest BCUT2D eigenvalue weighted by Crippen LogP contribution is 2.33. The molecule has 0 aromatic heterocycles. The Balaban J connectivity index is 1.46. The number of fused-ring (bicyclic) bond motifs is 1. The van der Waals surface area contributed by atoms with Crippen molar-refractivity contribution in [2.45, 2.75) is 19.4 Å². The van der Waals surface area contributed by atoms with Crippen LogP contribution in [0.3, 0.4) is 0 Å². The largest absolute Gasteiger partial charge is 0.493 e. The normalized spacial score (nSPS) is 13.7. The summed E-state index contributed by atoms with van der Waals surface area (Å²) in [4.78, 5) is 12.0. The number of para-hydroxylation sites is 2. The van der Waals surface area contributed by atoms with Crippen LogP contribution in [0.5, 0.6) is 23.0 Å². The molecule has 0 fully saturated rings. The highest BCUT2D eigenvalue weighted by atomic mass is 32.2. The van der Waals surface area contributed by atoms with E-state index in [9.17, 15) is 13.2 Å². The van der Waals surface area contributed by atoms with Gasteiger partial charge in [0.15, 0.2) is 29.6 Å². The quantitative estimate of drug-likeness (QED) is 0.493. The number of amides is 1. The highest BCUT2D eigenvalue weighted by Gasteiger charge is 2.27. The summed E-state index contributed by atoms with van der Waals surface area (Å²) in [6, 6.07) is 10.8. The van der Waals surface area contributed by atoms with Crippen molar-refractivity contribution in [3.8, 4) is 23.0 Å². The van der Waals surface area contributed by atoms with E-state index >= 15 is 0 Å². The van der Waals surface area contributed by atoms with Crippen LogP contribution < -0.4 is 24.3 Å². The van der Waals surface area contributed by atoms with Crippen LogP contribution in [0.15, 0.2) is 36.4 Å². The van der Waals surface area contributed by atoms with Crippen LogP contribution in [-0.4, -0.2) is 65.4 Å². The number of nitrogens with one attached hydrogen (secondary N) is 1. The van der Waals surface area contributed by atoms with Crippen LogP contribution in [0, 0.1) is 0 Å². The van der Waals surface area contributed by atoms with E-state index in [2.05, 4.69) is 5.32 Å². The molecule has 0 saturated carbocycles. The molecule has 0 atom stereocenters. The Morgan fingerprint density at radius 2 is 1.61 bits per heavy atom. The molecule has 0 aliphatic carbocycles. The first-order chi connectivity index (χ1) is 15.9. The summed E-state index contributed by atoms with van der Waals surface area (Å²) in [6.07, 6.45) is 0.907. The third kappa shape index (κ3) is 6.29. The first-order valence-electron chi connectivity index (χ1n) is 10.6. The number of benzene rings is 2. The lowest BCUT2D eigenvalue weighted by atomic mass is 10.0. The fourth-order valence-electron chi connectivity index (χ4n) is 3.64. The standard InChI is InChI=1S/C23H30N2O7S/c1-29-19-7-4-5-8-20(19)32-16-23(26)24-10-6-12-33(27,28)25-11-9-17-13-21(30-2)22(31-3)14-18(17)15-25/h4-5,7-8,13-14H,6,9-12,15-16H2,1-3H3,(H,24,26). The van der Waals surface area contributed by atoms with Crippen molar-refractivity contribution >= 4 is 15.9 Å². The summed E-state index contributed by atoms with van der Waals surface area (Å²) in [5.41, 5.74) is 1.96. The van der Waals surface area contributed by atoms with Crippen LogP contribution in [0.25, 0.3) is 0 Å². The van der Waals surface area contributed by atoms with E-state index in [4.69, 9.17) is 18.9 Å². The monoisotopic (exact) mass is 478 g/mol. The van der Waals surface area contributed by atoms with Crippen molar-refractivity contribution in [2.24, 2.45) is 0 Å². The molecule has 2 aromatic carbocycles. The van der Waals surface area contributed by atoms with Gasteiger partial charge in [0.2, 0.25) is 10.0 Å². The maximum absolute atomic E-state index is 12.8. The second-order valence-corrected chi connectivity index (χ2v) is 9.61. The Bertz CT molecular complexity index is 1070. The van der Waals surface area contributed by atoms with Crippen LogP contribution in [0.2, 0.25) is 0 Å². The molecular formula is C23H30N2O7S. The molecule has 1 aliphatic heterocycles. The Morgan fingerprint density at radius 3 is 2.27 bits per heavy atom. The maximum atomic E-state index is 12.8. The molecule has 2 aromatic rings. The fourth-order valence-corrected chi connectivity index (χ4v) is 5.11. The summed E-state index contributed by atoms with van der Waals surface area (Å²) in [5.74, 6) is 1.84. The zero-order valence-electron chi connectivity index (χ0n) is 19.1. The second kappa shape index (κ2) is 11.2. The van der Waals surface area contributed by atoms with E-state index in [-0.39, 0.29) is 31.4 Å². The van der Waals surface area contributed by atoms with Gasteiger partial charge in [0.05, 0.1) is 27.1 Å². The van der Waals surface area contributed by atoms with Crippen LogP contribution in [-0.2, 0) is 27.8 Å². The van der Waals surface area contributed by atoms with Crippen LogP contribution in [0.4, 0.5) is 0 Å². The van der Waals surface area contributed by atoms with Gasteiger partial charge in [0.25, 0.3) is 5.91 Å². The van der Waals surface area contributed by atoms with Crippen LogP contribution in [0.1, 0.15) is 17.5 Å². The first-order valence-corrected chi connectivity index (χ1v) is 12.2. The van der Waals surface area contributed by atoms with E-state index in [0.717, 1.165) is 11.1 Å². The smallest absolute Gasteiger partial charge is 0.257 e. The summed E-state index contributed by atoms with van der Waals surface area (Å²) in [6.45, 7) is 0.755. The lowest BCUT2D eigenvalue weighted by Gasteiger charge is -2.29. The minimum Gasteiger partial charge on any atom is -0.493 e. The molecule has 1 N–H and O–H groups in total. The molecule has 1 amide bonds. The molecule has 10 heteroatoms. The predicted molar refractivity (Wildman–Crippen MR) is 124 cm³/mol. The number of carbonyl (C=O) groups is 1. The molecule has 0 spiro atoms. The van der Waals surface area contributed by atoms with Crippen molar-refractivity contribution in [1.82, 2.24) is 9.62 Å². The van der Waals surface area contributed by atoms with Crippen molar-refractivity contribution in [3.05, 3.63) is 47.5 Å². The number of nitrogens with zero attached hydrogens (tertiary/aromatic N) is 1. The summed E-state index contributed by atoms with van der Waals surface area (Å²) in [7, 11) is 1.19. The summed E-state index contributed by atoms with van der Waals surface area (Å²) >= 11 is 0. The average molecular weight is 479 g/mol. The van der Waals surface area contributed by atoms with E-state index in [1.807, 2.05) is 12.1 Å². The lowest BCUT2D eigenvalue weighted by molar-refractivity contribution is -0.123. The fraction of sp³-hybridized carbons (Fsp3) is 0.435.